The third kappa shape index (κ3) is 10.8. The second kappa shape index (κ2) is 22.3. The molecule has 18 nitrogen and oxygen atoms in total. The van der Waals surface area contributed by atoms with Crippen molar-refractivity contribution >= 4 is 52.1 Å². The molecular formula is C62H91N11O7. The Morgan fingerprint density at radius 1 is 0.925 bits per heavy atom. The van der Waals surface area contributed by atoms with Crippen LogP contribution >= 0.6 is 0 Å². The SMILES string of the molecule is CCn1c(C2=C([C@H](C)OC)N=C[C@H](N3CCN4CCC[C@@H]4C3)C2)c2c3cc(ccc31)N1CCO[C@@H](C[C@H](NC(=O)[C@H](C3CCCC3)N3CC[C@]4(CCN(C(=O)[C@@H]5N[C@@H]5C5CC5)C4)C3)C(=O)N3CCC[C@H](N3)C(=O)OCC(C)(C)C2)C1. The van der Waals surface area contributed by atoms with E-state index in [-0.39, 0.29) is 78.4 Å². The molecule has 3 amide bonds. The van der Waals surface area contributed by atoms with Crippen LogP contribution in [0.2, 0.25) is 0 Å². The monoisotopic (exact) mass is 1100 g/mol. The normalized spacial score (nSPS) is 33.6. The van der Waals surface area contributed by atoms with Gasteiger partial charge in [0.2, 0.25) is 11.8 Å². The van der Waals surface area contributed by atoms with E-state index in [2.05, 4.69) is 97.2 Å². The van der Waals surface area contributed by atoms with Crippen LogP contribution in [-0.2, 0) is 46.4 Å². The Morgan fingerprint density at radius 2 is 1.74 bits per heavy atom. The topological polar surface area (TPSA) is 179 Å². The number of nitrogens with zero attached hydrogens (tertiary/aromatic N) is 8. The number of rotatable bonds is 11. The molecule has 6 bridgehead atoms. The lowest BCUT2D eigenvalue weighted by Gasteiger charge is -2.42. The van der Waals surface area contributed by atoms with E-state index < -0.39 is 17.5 Å². The molecule has 0 radical (unpaired) electrons. The first-order chi connectivity index (χ1) is 38.8. The lowest BCUT2D eigenvalue weighted by Crippen LogP contribution is -2.62. The molecule has 1 aromatic heterocycles. The molecule has 2 aromatic rings. The quantitative estimate of drug-likeness (QED) is 0.203. The molecule has 2 saturated carbocycles. The number of likely N-dealkylation sites (tertiary alicyclic amines) is 2. The van der Waals surface area contributed by atoms with Gasteiger partial charge in [0, 0.05) is 136 Å². The second-order valence-corrected chi connectivity index (χ2v) is 27.1. The van der Waals surface area contributed by atoms with Gasteiger partial charge in [-0.1, -0.05) is 26.7 Å². The predicted octanol–water partition coefficient (Wildman–Crippen LogP) is 4.97. The average Bonchev–Trinajstić information content (AvgIpc) is 4.21. The van der Waals surface area contributed by atoms with E-state index in [4.69, 9.17) is 19.2 Å². The van der Waals surface area contributed by atoms with Gasteiger partial charge in [0.15, 0.2) is 0 Å². The lowest BCUT2D eigenvalue weighted by atomic mass is 9.83. The predicted molar refractivity (Wildman–Crippen MR) is 308 cm³/mol. The summed E-state index contributed by atoms with van der Waals surface area (Å²) in [5.74, 6) is 0.372. The van der Waals surface area contributed by atoms with Crippen molar-refractivity contribution in [2.75, 3.05) is 97.2 Å². The van der Waals surface area contributed by atoms with Gasteiger partial charge in [-0.2, -0.15) is 0 Å². The molecule has 10 heterocycles. The molecule has 0 unspecified atom stereocenters. The molecule has 3 N–H and O–H groups in total. The highest BCUT2D eigenvalue weighted by Gasteiger charge is 2.55. The number of morpholine rings is 1. The highest BCUT2D eigenvalue weighted by molar-refractivity contribution is 5.95. The standard InChI is InChI=1S/C62H91N11O7/c1-6-72-51-18-17-42-29-46(51)48(56(72)47-30-44(33-63-52(47)39(2)78-5)68-26-25-67-21-9-13-43(67)34-68)32-61(3,4)38-80-60(77)49-14-10-22-73(66-49)58(75)50(31-45-35-69(42)27-28-79-45)64-57(74)55(41-11-7-8-12-41)70-23-19-62(36-70)20-24-71(37-62)59(76)54-53(65-54)40-15-16-40/h17-18,29,33,39-41,43-45,49-50,53-55,65-66H,6-16,19-28,30-32,34-38H2,1-5H3,(H,64,74)/t39-,43+,44+,45-,49-,50-,53+,54+,55-,62-/m0/s1. The number of nitrogens with one attached hydrogen (secondary N) is 3. The number of piperazine rings is 1. The number of carbonyl (C=O) groups excluding carboxylic acids is 4. The van der Waals surface area contributed by atoms with Gasteiger partial charge in [0.05, 0.1) is 42.9 Å². The van der Waals surface area contributed by atoms with E-state index in [0.29, 0.717) is 63.5 Å². The highest BCUT2D eigenvalue weighted by Crippen LogP contribution is 2.46. The van der Waals surface area contributed by atoms with Crippen LogP contribution in [0.15, 0.2) is 28.9 Å². The highest BCUT2D eigenvalue weighted by atomic mass is 16.5. The minimum Gasteiger partial charge on any atom is -0.464 e. The van der Waals surface area contributed by atoms with Crippen molar-refractivity contribution < 1.29 is 33.4 Å². The van der Waals surface area contributed by atoms with Crippen molar-refractivity contribution in [2.45, 2.75) is 185 Å². The largest absolute Gasteiger partial charge is 0.464 e. The lowest BCUT2D eigenvalue weighted by molar-refractivity contribution is -0.156. The van der Waals surface area contributed by atoms with E-state index in [9.17, 15) is 9.59 Å². The number of aliphatic imine (C=N–C) groups is 1. The maximum absolute atomic E-state index is 15.3. The third-order valence-corrected chi connectivity index (χ3v) is 21.0. The minimum atomic E-state index is -0.894. The number of methoxy groups -OCH3 is 1. The molecule has 18 heteroatoms. The summed E-state index contributed by atoms with van der Waals surface area (Å²) in [6, 6.07) is 6.01. The Kier molecular flexibility index (Phi) is 15.3. The number of esters is 1. The molecule has 13 rings (SSSR count). The Hall–Kier alpha value is -4.43. The molecular weight excluding hydrogens is 1010 g/mol. The summed E-state index contributed by atoms with van der Waals surface area (Å²) in [4.78, 5) is 76.1. The van der Waals surface area contributed by atoms with E-state index in [0.717, 1.165) is 114 Å². The summed E-state index contributed by atoms with van der Waals surface area (Å²) >= 11 is 0. The number of aromatic nitrogens is 1. The summed E-state index contributed by atoms with van der Waals surface area (Å²) < 4.78 is 21.6. The zero-order valence-electron chi connectivity index (χ0n) is 48.6. The van der Waals surface area contributed by atoms with Gasteiger partial charge < -0.3 is 33.9 Å². The number of carbonyl (C=O) groups is 4. The van der Waals surface area contributed by atoms with Crippen molar-refractivity contribution in [1.82, 2.24) is 45.2 Å². The smallest absolute Gasteiger partial charge is 0.324 e. The molecule has 2 aliphatic carbocycles. The molecule has 1 spiro atoms. The second-order valence-electron chi connectivity index (χ2n) is 27.1. The number of hydrazine groups is 1. The zero-order valence-corrected chi connectivity index (χ0v) is 48.6. The minimum absolute atomic E-state index is 0.0237. The van der Waals surface area contributed by atoms with Crippen LogP contribution in [0.4, 0.5) is 5.69 Å². The Morgan fingerprint density at radius 3 is 2.55 bits per heavy atom. The Labute approximate surface area is 474 Å². The van der Waals surface area contributed by atoms with Gasteiger partial charge in [0.25, 0.3) is 5.91 Å². The van der Waals surface area contributed by atoms with Gasteiger partial charge >= 0.3 is 5.97 Å². The fourth-order valence-electron chi connectivity index (χ4n) is 16.4. The Bertz CT molecular complexity index is 2750. The molecule has 1 aromatic carbocycles. The van der Waals surface area contributed by atoms with Crippen LogP contribution in [0.5, 0.6) is 0 Å². The summed E-state index contributed by atoms with van der Waals surface area (Å²) in [7, 11) is 1.78. The fourth-order valence-corrected chi connectivity index (χ4v) is 16.4. The van der Waals surface area contributed by atoms with E-state index in [1.807, 2.05) is 0 Å². The summed E-state index contributed by atoms with van der Waals surface area (Å²) in [6.45, 7) is 19.3. The molecule has 9 aliphatic heterocycles. The van der Waals surface area contributed by atoms with E-state index in [1.54, 1.807) is 12.1 Å². The van der Waals surface area contributed by atoms with Crippen LogP contribution in [0, 0.1) is 22.7 Å². The third-order valence-electron chi connectivity index (χ3n) is 21.0. The molecule has 11 aliphatic rings. The molecule has 7 saturated heterocycles. The summed E-state index contributed by atoms with van der Waals surface area (Å²) in [5, 5.41) is 9.65. The maximum atomic E-state index is 15.3. The molecule has 9 fully saturated rings. The number of hydrogen-bond donors (Lipinski definition) is 3. The van der Waals surface area contributed by atoms with Gasteiger partial charge in [-0.25, -0.2) is 5.43 Å². The van der Waals surface area contributed by atoms with Gasteiger partial charge in [-0.3, -0.25) is 49.2 Å². The summed E-state index contributed by atoms with van der Waals surface area (Å²) in [6.07, 6.45) is 15.5. The van der Waals surface area contributed by atoms with Crippen molar-refractivity contribution in [3.8, 4) is 0 Å². The molecule has 10 atom stereocenters. The van der Waals surface area contributed by atoms with Gasteiger partial charge in [-0.05, 0) is 140 Å². The maximum Gasteiger partial charge on any atom is 0.324 e. The van der Waals surface area contributed by atoms with Crippen molar-refractivity contribution in [3.63, 3.8) is 0 Å². The number of fused-ring (bicyclic) bond motifs is 7. The summed E-state index contributed by atoms with van der Waals surface area (Å²) in [5.41, 5.74) is 9.69. The van der Waals surface area contributed by atoms with Crippen LogP contribution < -0.4 is 21.0 Å². The molecule has 436 valence electrons. The number of amides is 3. The van der Waals surface area contributed by atoms with Gasteiger partial charge in [-0.15, -0.1) is 0 Å². The van der Waals surface area contributed by atoms with Crippen LogP contribution in [-0.4, -0.2) is 206 Å². The number of benzene rings is 1. The van der Waals surface area contributed by atoms with Crippen molar-refractivity contribution in [1.29, 1.82) is 0 Å². The van der Waals surface area contributed by atoms with Gasteiger partial charge in [0.1, 0.15) is 18.1 Å². The number of aryl methyl sites for hydroxylation is 1. The Balaban J connectivity index is 0.802. The fraction of sp³-hybridized carbons (Fsp3) is 0.758. The van der Waals surface area contributed by atoms with Crippen LogP contribution in [0.3, 0.4) is 0 Å². The number of cyclic esters (lactones) is 1. The first kappa shape index (κ1) is 54.8. The van der Waals surface area contributed by atoms with E-state index in [1.165, 1.54) is 54.4 Å². The average molecular weight is 1100 g/mol. The zero-order chi connectivity index (χ0) is 55.0. The first-order valence-electron chi connectivity index (χ1n) is 31.4. The van der Waals surface area contributed by atoms with Crippen molar-refractivity contribution in [2.24, 2.45) is 27.7 Å². The first-order valence-corrected chi connectivity index (χ1v) is 31.4. The number of anilines is 1. The number of hydrogen-bond acceptors (Lipinski definition) is 14. The van der Waals surface area contributed by atoms with Crippen molar-refractivity contribution in [3.05, 3.63) is 35.2 Å². The van der Waals surface area contributed by atoms with Crippen LogP contribution in [0.25, 0.3) is 16.5 Å². The molecule has 80 heavy (non-hydrogen) atoms. The van der Waals surface area contributed by atoms with Crippen LogP contribution in [0.1, 0.15) is 129 Å². The number of ether oxygens (including phenoxy) is 3. The van der Waals surface area contributed by atoms with E-state index >= 15 is 9.59 Å².